The smallest absolute Gasteiger partial charge is 0.432 e. The van der Waals surface area contributed by atoms with E-state index < -0.39 is 37.6 Å². The highest BCUT2D eigenvalue weighted by atomic mass is 32.1. The normalized spacial score (nSPS) is 20.3. The number of carbonyl (C=O) groups excluding carboxylic acids is 3. The van der Waals surface area contributed by atoms with Gasteiger partial charge in [0.15, 0.2) is 6.10 Å². The Morgan fingerprint density at radius 3 is 2.57 bits per heavy atom. The highest BCUT2D eigenvalue weighted by Crippen LogP contribution is 2.39. The first-order valence-corrected chi connectivity index (χ1v) is 11.3. The molecule has 30 heavy (non-hydrogen) atoms. The molecule has 0 radical (unpaired) electrons. The van der Waals surface area contributed by atoms with E-state index in [0.29, 0.717) is 5.06 Å². The number of nitrogens with one attached hydrogen (secondary N) is 2. The lowest BCUT2D eigenvalue weighted by Crippen LogP contribution is -2.40. The largest absolute Gasteiger partial charge is 0.460 e. The Bertz CT molecular complexity index is 904. The molecule has 3 rings (SSSR count). The molecule has 2 atom stereocenters. The molecule has 11 nitrogen and oxygen atoms in total. The summed E-state index contributed by atoms with van der Waals surface area (Å²) in [5.74, 6) is -1.17. The van der Waals surface area contributed by atoms with Gasteiger partial charge in [0.25, 0.3) is 17.0 Å². The predicted octanol–water partition coefficient (Wildman–Crippen LogP) is 1.03. The molecule has 0 saturated carbocycles. The number of thiocarbonyl (C=S) groups is 1. The zero-order valence-corrected chi connectivity index (χ0v) is 17.4. The minimum Gasteiger partial charge on any atom is -0.460 e. The van der Waals surface area contributed by atoms with Crippen molar-refractivity contribution in [2.45, 2.75) is 31.4 Å². The van der Waals surface area contributed by atoms with E-state index in [1.165, 1.54) is 0 Å². The lowest BCUT2D eigenvalue weighted by molar-refractivity contribution is -0.171. The van der Waals surface area contributed by atoms with Crippen molar-refractivity contribution >= 4 is 42.9 Å². The Balaban J connectivity index is 1.57. The fourth-order valence-electron chi connectivity index (χ4n) is 3.12. The van der Waals surface area contributed by atoms with Gasteiger partial charge < -0.3 is 30.0 Å². The van der Waals surface area contributed by atoms with Crippen LogP contribution in [0.4, 0.5) is 4.79 Å². The molecule has 0 aromatic heterocycles. The standard InChI is InChI=1S/C17H20N3O8PS/c21-12-5-6-13(22)20(12)28-16(23)19-14-10-3-1-4-11(9-10)15(14)27-17(30)18-7-2-8-29(24,25)26/h1,3-4,9,14-15H,2,5-8H2,(H,18,30)(H,19,23)(H2,24,25,26). The molecule has 2 aliphatic rings. The maximum atomic E-state index is 12.2. The van der Waals surface area contributed by atoms with Crippen LogP contribution in [-0.4, -0.2) is 50.6 Å². The van der Waals surface area contributed by atoms with Crippen LogP contribution in [-0.2, 0) is 23.7 Å². The molecule has 1 saturated heterocycles. The van der Waals surface area contributed by atoms with Gasteiger partial charge in [0.05, 0.1) is 12.2 Å². The summed E-state index contributed by atoms with van der Waals surface area (Å²) in [4.78, 5) is 58.0. The van der Waals surface area contributed by atoms with Crippen LogP contribution in [0.1, 0.15) is 42.5 Å². The van der Waals surface area contributed by atoms with Crippen LogP contribution in [0.25, 0.3) is 0 Å². The number of rotatable bonds is 7. The third kappa shape index (κ3) is 5.54. The van der Waals surface area contributed by atoms with E-state index in [9.17, 15) is 18.9 Å². The van der Waals surface area contributed by atoms with Gasteiger partial charge in [-0.2, -0.15) is 0 Å². The maximum Gasteiger partial charge on any atom is 0.432 e. The van der Waals surface area contributed by atoms with Crippen molar-refractivity contribution in [1.29, 1.82) is 0 Å². The average Bonchev–Trinajstić information content (AvgIpc) is 3.09. The van der Waals surface area contributed by atoms with Gasteiger partial charge in [0.1, 0.15) is 0 Å². The van der Waals surface area contributed by atoms with Crippen molar-refractivity contribution < 1.29 is 38.3 Å². The number of hydrogen-bond acceptors (Lipinski definition) is 7. The number of nitrogens with zero attached hydrogens (tertiary/aromatic N) is 1. The summed E-state index contributed by atoms with van der Waals surface area (Å²) >= 11 is 5.13. The average molecular weight is 457 g/mol. The van der Waals surface area contributed by atoms with Crippen LogP contribution in [0.2, 0.25) is 0 Å². The van der Waals surface area contributed by atoms with E-state index in [1.807, 2.05) is 0 Å². The van der Waals surface area contributed by atoms with Crippen molar-refractivity contribution in [2.24, 2.45) is 0 Å². The summed E-state index contributed by atoms with van der Waals surface area (Å²) in [6, 6.07) is 6.45. The van der Waals surface area contributed by atoms with Gasteiger partial charge >= 0.3 is 13.7 Å². The molecule has 3 amide bonds. The van der Waals surface area contributed by atoms with E-state index in [1.54, 1.807) is 24.3 Å². The van der Waals surface area contributed by atoms with E-state index in [0.717, 1.165) is 11.1 Å². The zero-order valence-electron chi connectivity index (χ0n) is 15.6. The molecule has 1 aromatic carbocycles. The van der Waals surface area contributed by atoms with Gasteiger partial charge in [-0.1, -0.05) is 18.2 Å². The first-order valence-electron chi connectivity index (χ1n) is 9.07. The molecule has 1 fully saturated rings. The van der Waals surface area contributed by atoms with Gasteiger partial charge in [-0.3, -0.25) is 14.2 Å². The second kappa shape index (κ2) is 9.09. The Morgan fingerprint density at radius 1 is 1.23 bits per heavy atom. The number of carbonyl (C=O) groups is 3. The molecule has 2 unspecified atom stereocenters. The Morgan fingerprint density at radius 2 is 1.90 bits per heavy atom. The van der Waals surface area contributed by atoms with Crippen molar-refractivity contribution in [3.8, 4) is 0 Å². The molecule has 13 heteroatoms. The SMILES string of the molecule is O=C(NC1c2cccc(c2)C1OC(=S)NCCCP(=O)(O)O)ON1C(=O)CCC1=O. The highest BCUT2D eigenvalue weighted by molar-refractivity contribution is 7.80. The van der Waals surface area contributed by atoms with Crippen LogP contribution >= 0.6 is 19.8 Å². The van der Waals surface area contributed by atoms with Crippen LogP contribution in [0, 0.1) is 0 Å². The fourth-order valence-corrected chi connectivity index (χ4v) is 3.89. The number of fused-ring (bicyclic) bond motifs is 2. The molecular weight excluding hydrogens is 437 g/mol. The molecule has 2 bridgehead atoms. The third-order valence-corrected chi connectivity index (χ3v) is 5.62. The number of ether oxygens (including phenoxy) is 1. The Labute approximate surface area is 176 Å². The molecule has 162 valence electrons. The lowest BCUT2D eigenvalue weighted by Gasteiger charge is -2.24. The summed E-state index contributed by atoms with van der Waals surface area (Å²) in [6.45, 7) is 0.202. The van der Waals surface area contributed by atoms with E-state index >= 15 is 0 Å². The molecule has 1 heterocycles. The fraction of sp³-hybridized carbons (Fsp3) is 0.412. The molecule has 1 aliphatic heterocycles. The number of benzene rings is 1. The van der Waals surface area contributed by atoms with E-state index in [2.05, 4.69) is 10.6 Å². The molecule has 0 spiro atoms. The third-order valence-electron chi connectivity index (χ3n) is 4.48. The van der Waals surface area contributed by atoms with E-state index in [-0.39, 0.29) is 37.1 Å². The minimum atomic E-state index is -4.08. The number of hydroxylamine groups is 2. The Hall–Kier alpha value is -2.53. The maximum absolute atomic E-state index is 12.2. The van der Waals surface area contributed by atoms with Crippen LogP contribution in [0.5, 0.6) is 0 Å². The summed E-state index contributed by atoms with van der Waals surface area (Å²) in [5, 5.41) is 5.78. The minimum absolute atomic E-state index is 0.00164. The molecule has 1 aliphatic carbocycles. The molecule has 4 N–H and O–H groups in total. The quantitative estimate of drug-likeness (QED) is 0.202. The monoisotopic (exact) mass is 457 g/mol. The van der Waals surface area contributed by atoms with Gasteiger partial charge in [-0.15, -0.1) is 5.06 Å². The number of hydrogen-bond donors (Lipinski definition) is 4. The van der Waals surface area contributed by atoms with Crippen molar-refractivity contribution in [1.82, 2.24) is 15.7 Å². The van der Waals surface area contributed by atoms with Gasteiger partial charge in [-0.05, 0) is 35.8 Å². The van der Waals surface area contributed by atoms with Gasteiger partial charge in [0.2, 0.25) is 0 Å². The summed E-state index contributed by atoms with van der Waals surface area (Å²) < 4.78 is 16.6. The number of imide groups is 1. The number of amides is 3. The topological polar surface area (TPSA) is 154 Å². The summed E-state index contributed by atoms with van der Waals surface area (Å²) in [5.41, 5.74) is 1.46. The van der Waals surface area contributed by atoms with Crippen molar-refractivity contribution in [3.63, 3.8) is 0 Å². The molecule has 1 aromatic rings. The molecular formula is C17H20N3O8PS. The predicted molar refractivity (Wildman–Crippen MR) is 106 cm³/mol. The van der Waals surface area contributed by atoms with Crippen LogP contribution < -0.4 is 10.6 Å². The van der Waals surface area contributed by atoms with E-state index in [4.69, 9.17) is 31.6 Å². The van der Waals surface area contributed by atoms with Gasteiger partial charge in [0, 0.05) is 19.4 Å². The van der Waals surface area contributed by atoms with Crippen molar-refractivity contribution in [2.75, 3.05) is 12.7 Å². The highest BCUT2D eigenvalue weighted by Gasteiger charge is 2.37. The van der Waals surface area contributed by atoms with Crippen LogP contribution in [0.3, 0.4) is 0 Å². The summed E-state index contributed by atoms with van der Waals surface area (Å²) in [6.07, 6.45) is -1.78. The zero-order chi connectivity index (χ0) is 21.9. The van der Waals surface area contributed by atoms with Crippen molar-refractivity contribution in [3.05, 3.63) is 35.4 Å². The Kier molecular flexibility index (Phi) is 6.71. The first kappa shape index (κ1) is 22.2. The van der Waals surface area contributed by atoms with Crippen LogP contribution in [0.15, 0.2) is 24.3 Å². The lowest BCUT2D eigenvalue weighted by atomic mass is 10.1. The second-order valence-electron chi connectivity index (χ2n) is 6.75. The second-order valence-corrected chi connectivity index (χ2v) is 8.89. The van der Waals surface area contributed by atoms with Gasteiger partial charge in [-0.25, -0.2) is 4.79 Å². The first-order chi connectivity index (χ1) is 14.1. The summed E-state index contributed by atoms with van der Waals surface area (Å²) in [7, 11) is -4.08.